The van der Waals surface area contributed by atoms with Crippen molar-refractivity contribution in [2.75, 3.05) is 0 Å². The van der Waals surface area contributed by atoms with Crippen LogP contribution in [0.25, 0.3) is 111 Å². The summed E-state index contributed by atoms with van der Waals surface area (Å²) in [6.07, 6.45) is 0. The van der Waals surface area contributed by atoms with Crippen LogP contribution in [0.5, 0.6) is 0 Å². The van der Waals surface area contributed by atoms with Crippen LogP contribution in [0.1, 0.15) is 0 Å². The van der Waals surface area contributed by atoms with E-state index in [1.807, 2.05) is 36.4 Å². The molecule has 0 radical (unpaired) electrons. The summed E-state index contributed by atoms with van der Waals surface area (Å²) in [7, 11) is 0. The van der Waals surface area contributed by atoms with Gasteiger partial charge in [0.15, 0.2) is 23.1 Å². The third kappa shape index (κ3) is 5.14. The maximum atomic E-state index is 6.45. The largest absolute Gasteiger partial charge is 0.446 e. The Balaban J connectivity index is 1.19. The lowest BCUT2D eigenvalue weighted by Crippen LogP contribution is -2.01. The van der Waals surface area contributed by atoms with Gasteiger partial charge in [0, 0.05) is 21.9 Å². The van der Waals surface area contributed by atoms with Gasteiger partial charge < -0.3 is 4.42 Å². The second-order valence-electron chi connectivity index (χ2n) is 13.8. The van der Waals surface area contributed by atoms with Gasteiger partial charge in [-0.3, -0.25) is 0 Å². The van der Waals surface area contributed by atoms with Gasteiger partial charge in [0.2, 0.25) is 0 Å². The topological polar surface area (TPSA) is 51.8 Å². The molecular weight excluding hydrogens is 671 g/mol. The average molecular weight is 700 g/mol. The number of para-hydroxylation sites is 1. The van der Waals surface area contributed by atoms with Crippen LogP contribution < -0.4 is 0 Å². The molecule has 0 saturated heterocycles. The Morgan fingerprint density at radius 2 is 0.927 bits per heavy atom. The fraction of sp³-hybridized carbons (Fsp3) is 0. The zero-order chi connectivity index (χ0) is 36.3. The molecule has 0 spiro atoms. The van der Waals surface area contributed by atoms with Crippen LogP contribution in [-0.4, -0.2) is 15.0 Å². The number of fused-ring (bicyclic) bond motifs is 9. The van der Waals surface area contributed by atoms with E-state index >= 15 is 0 Å². The standard InChI is InChI=1S/C51H29N3O/c1-3-14-32(15-4-1)34-26-29-43(45(30-34)33-16-5-2-6-17-33)50-52-49(53-51(54-50)44-24-13-23-42-41-22-11-12-25-47(41)55-48(42)44)35-27-28-40-38-20-8-7-18-36(38)37-19-9-10-21-39(37)46(40)31-35/h1-11,13-24,26-31H. The molecule has 0 saturated carbocycles. The van der Waals surface area contributed by atoms with Gasteiger partial charge in [-0.25, -0.2) is 15.0 Å². The number of aromatic nitrogens is 3. The molecule has 11 rings (SSSR count). The lowest BCUT2D eigenvalue weighted by atomic mass is 9.93. The highest BCUT2D eigenvalue weighted by Gasteiger charge is 2.20. The molecule has 55 heavy (non-hydrogen) atoms. The third-order valence-electron chi connectivity index (χ3n) is 10.6. The molecule has 254 valence electrons. The number of hydrogen-bond donors (Lipinski definition) is 0. The Morgan fingerprint density at radius 1 is 0.345 bits per heavy atom. The molecule has 0 aliphatic rings. The van der Waals surface area contributed by atoms with Gasteiger partial charge in [0.05, 0.1) is 5.56 Å². The molecule has 0 bridgehead atoms. The second kappa shape index (κ2) is 12.5. The molecule has 4 heteroatoms. The van der Waals surface area contributed by atoms with Crippen LogP contribution in [0.15, 0.2) is 180 Å². The minimum atomic E-state index is 0.531. The smallest absolute Gasteiger partial charge is 0.185 e. The number of hydrogen-bond acceptors (Lipinski definition) is 4. The van der Waals surface area contributed by atoms with E-state index in [4.69, 9.17) is 19.4 Å². The Labute approximate surface area is 317 Å². The molecule has 11 aromatic rings. The fourth-order valence-corrected chi connectivity index (χ4v) is 8.00. The van der Waals surface area contributed by atoms with Crippen LogP contribution in [-0.2, 0) is 0 Å². The first-order valence-electron chi connectivity index (χ1n) is 18.4. The average Bonchev–Trinajstić information content (AvgIpc) is 3.66. The molecule has 2 heterocycles. The Kier molecular flexibility index (Phi) is 7.05. The molecule has 0 atom stereocenters. The van der Waals surface area contributed by atoms with Crippen LogP contribution >= 0.6 is 0 Å². The van der Waals surface area contributed by atoms with Crippen molar-refractivity contribution >= 4 is 54.3 Å². The summed E-state index contributed by atoms with van der Waals surface area (Å²) >= 11 is 0. The highest BCUT2D eigenvalue weighted by molar-refractivity contribution is 6.25. The summed E-state index contributed by atoms with van der Waals surface area (Å²) in [6, 6.07) is 67.4. The predicted octanol–water partition coefficient (Wildman–Crippen LogP) is 13.2. The van der Waals surface area contributed by atoms with E-state index in [2.05, 4.69) is 152 Å². The Morgan fingerprint density at radius 3 is 1.65 bits per heavy atom. The minimum absolute atomic E-state index is 0.531. The van der Waals surface area contributed by atoms with Crippen LogP contribution in [0.2, 0.25) is 0 Å². The van der Waals surface area contributed by atoms with Gasteiger partial charge in [-0.05, 0) is 97.0 Å². The summed E-state index contributed by atoms with van der Waals surface area (Å²) in [5.74, 6) is 1.69. The third-order valence-corrected chi connectivity index (χ3v) is 10.6. The first-order valence-corrected chi connectivity index (χ1v) is 18.4. The van der Waals surface area contributed by atoms with Crippen molar-refractivity contribution in [3.63, 3.8) is 0 Å². The Bertz CT molecular complexity index is 3220. The fourth-order valence-electron chi connectivity index (χ4n) is 8.00. The normalized spacial score (nSPS) is 11.5. The molecule has 0 aliphatic carbocycles. The lowest BCUT2D eigenvalue weighted by molar-refractivity contribution is 0.669. The summed E-state index contributed by atoms with van der Waals surface area (Å²) < 4.78 is 6.45. The van der Waals surface area contributed by atoms with E-state index in [1.165, 1.54) is 26.9 Å². The van der Waals surface area contributed by atoms with Crippen molar-refractivity contribution in [1.82, 2.24) is 15.0 Å². The van der Waals surface area contributed by atoms with Gasteiger partial charge in [-0.1, -0.05) is 146 Å². The van der Waals surface area contributed by atoms with E-state index in [0.29, 0.717) is 28.6 Å². The SMILES string of the molecule is c1ccc2c(c#1)oc1c(-c3nc(-c4ccc5c6ccccc6c6ccccc6c5c4)nc(-c4ccc(-c5ccccc5)cc4-c4ccccc4)n3)cccc12. The van der Waals surface area contributed by atoms with E-state index in [-0.39, 0.29) is 0 Å². The number of nitrogens with zero attached hydrogens (tertiary/aromatic N) is 3. The summed E-state index contributed by atoms with van der Waals surface area (Å²) in [5.41, 5.74) is 8.32. The first-order chi connectivity index (χ1) is 27.3. The summed E-state index contributed by atoms with van der Waals surface area (Å²) in [4.78, 5) is 15.8. The van der Waals surface area contributed by atoms with E-state index in [1.54, 1.807) is 0 Å². The van der Waals surface area contributed by atoms with Gasteiger partial charge >= 0.3 is 0 Å². The number of rotatable bonds is 5. The Hall–Kier alpha value is -7.61. The zero-order valence-electron chi connectivity index (χ0n) is 29.5. The van der Waals surface area contributed by atoms with Crippen LogP contribution in [0.3, 0.4) is 0 Å². The molecule has 0 aliphatic heterocycles. The molecule has 9 aromatic carbocycles. The van der Waals surface area contributed by atoms with Crippen molar-refractivity contribution in [2.24, 2.45) is 0 Å². The highest BCUT2D eigenvalue weighted by atomic mass is 16.3. The molecule has 4 nitrogen and oxygen atoms in total. The first kappa shape index (κ1) is 31.0. The van der Waals surface area contributed by atoms with Crippen molar-refractivity contribution in [1.29, 1.82) is 0 Å². The number of benzene rings is 8. The van der Waals surface area contributed by atoms with Gasteiger partial charge in [-0.15, -0.1) is 0 Å². The highest BCUT2D eigenvalue weighted by Crippen LogP contribution is 2.40. The minimum Gasteiger partial charge on any atom is -0.446 e. The van der Waals surface area contributed by atoms with Gasteiger partial charge in [-0.2, -0.15) is 0 Å². The van der Waals surface area contributed by atoms with Gasteiger partial charge in [0.1, 0.15) is 5.58 Å². The van der Waals surface area contributed by atoms with Gasteiger partial charge in [0.25, 0.3) is 0 Å². The van der Waals surface area contributed by atoms with Crippen LogP contribution in [0.4, 0.5) is 0 Å². The van der Waals surface area contributed by atoms with Crippen molar-refractivity contribution in [3.05, 3.63) is 188 Å². The lowest BCUT2D eigenvalue weighted by Gasteiger charge is -2.15. The molecule has 2 aromatic heterocycles. The quantitative estimate of drug-likeness (QED) is 0.168. The molecule has 0 fully saturated rings. The molecular formula is C51H29N3O. The maximum absolute atomic E-state index is 6.45. The maximum Gasteiger partial charge on any atom is 0.185 e. The predicted molar refractivity (Wildman–Crippen MR) is 224 cm³/mol. The van der Waals surface area contributed by atoms with Crippen molar-refractivity contribution < 1.29 is 4.42 Å². The van der Waals surface area contributed by atoms with E-state index < -0.39 is 0 Å². The summed E-state index contributed by atoms with van der Waals surface area (Å²) in [6.45, 7) is 0. The summed E-state index contributed by atoms with van der Waals surface area (Å²) in [5, 5.41) is 9.16. The van der Waals surface area contributed by atoms with Crippen molar-refractivity contribution in [2.45, 2.75) is 0 Å². The van der Waals surface area contributed by atoms with E-state index in [0.717, 1.165) is 55.1 Å². The molecule has 0 amide bonds. The monoisotopic (exact) mass is 699 g/mol. The van der Waals surface area contributed by atoms with Crippen LogP contribution in [0, 0.1) is 12.1 Å². The van der Waals surface area contributed by atoms with Crippen molar-refractivity contribution in [3.8, 4) is 56.4 Å². The molecule has 0 N–H and O–H groups in total. The number of furan rings is 1. The molecule has 0 unspecified atom stereocenters. The van der Waals surface area contributed by atoms with E-state index in [9.17, 15) is 0 Å². The zero-order valence-corrected chi connectivity index (χ0v) is 29.5. The second-order valence-corrected chi connectivity index (χ2v) is 13.8.